The van der Waals surface area contributed by atoms with Crippen LogP contribution in [0.5, 0.6) is 0 Å². The Morgan fingerprint density at radius 1 is 0.247 bits per heavy atom. The van der Waals surface area contributed by atoms with E-state index in [9.17, 15) is 0 Å². The molecule has 4 heterocycles. The lowest BCUT2D eigenvalue weighted by Crippen LogP contribution is -2.00. The summed E-state index contributed by atoms with van der Waals surface area (Å²) in [7, 11) is 31.2. The molecule has 81 heavy (non-hydrogen) atoms. The lowest BCUT2D eigenvalue weighted by molar-refractivity contribution is 0.668. The van der Waals surface area contributed by atoms with Crippen molar-refractivity contribution in [3.05, 3.63) is 200 Å². The van der Waals surface area contributed by atoms with Crippen molar-refractivity contribution >= 4 is 211 Å². The molecule has 0 fully saturated rings. The number of benzene rings is 9. The van der Waals surface area contributed by atoms with Crippen molar-refractivity contribution in [1.29, 1.82) is 0 Å². The van der Waals surface area contributed by atoms with Crippen molar-refractivity contribution in [3.63, 3.8) is 0 Å². The second kappa shape index (κ2) is 26.8. The van der Waals surface area contributed by atoms with E-state index in [-0.39, 0.29) is 55.9 Å². The molecule has 0 saturated carbocycles. The highest BCUT2D eigenvalue weighted by Gasteiger charge is 2.39. The van der Waals surface area contributed by atoms with Crippen LogP contribution in [0.15, 0.2) is 213 Å². The van der Waals surface area contributed by atoms with E-state index < -0.39 is 0 Å². The molecule has 13 rings (SSSR count). The molecule has 10 unspecified atom stereocenters. The molecule has 0 radical (unpaired) electrons. The van der Waals surface area contributed by atoms with E-state index in [1.165, 1.54) is 11.1 Å². The number of hydrogen-bond acceptors (Lipinski definition) is 6. The maximum atomic E-state index is 6.55. The van der Waals surface area contributed by atoms with Crippen LogP contribution < -0.4 is 0 Å². The highest BCUT2D eigenvalue weighted by molar-refractivity contribution is 9.33. The normalized spacial score (nSPS) is 12.2. The van der Waals surface area contributed by atoms with Gasteiger partial charge in [0.2, 0.25) is 0 Å². The number of aromatic nitrogens is 3. The molecule has 10 atom stereocenters. The van der Waals surface area contributed by atoms with Crippen molar-refractivity contribution < 1.29 is 13.3 Å². The van der Waals surface area contributed by atoms with E-state index >= 15 is 0 Å². The lowest BCUT2D eigenvalue weighted by Gasteiger charge is -2.43. The van der Waals surface area contributed by atoms with Gasteiger partial charge in [-0.05, 0) is 144 Å². The van der Waals surface area contributed by atoms with Crippen molar-refractivity contribution in [2.75, 3.05) is 0 Å². The fourth-order valence-corrected chi connectivity index (χ4v) is 219. The molecule has 0 amide bonds. The van der Waals surface area contributed by atoms with Gasteiger partial charge >= 0.3 is 0 Å². The monoisotopic (exact) mass is 1380 g/mol. The summed E-state index contributed by atoms with van der Waals surface area (Å²) >= 11 is 0. The van der Waals surface area contributed by atoms with Gasteiger partial charge in [0, 0.05) is 49.0 Å². The third kappa shape index (κ3) is 12.9. The number of rotatable bonds is 13. The molecule has 0 bridgehead atoms. The van der Waals surface area contributed by atoms with Crippen LogP contribution in [-0.2, 0) is 0 Å². The van der Waals surface area contributed by atoms with Gasteiger partial charge in [0.05, 0.1) is 0 Å². The highest BCUT2D eigenvalue weighted by Crippen LogP contribution is 3.28. The maximum Gasteiger partial charge on any atom is 0.164 e. The first-order chi connectivity index (χ1) is 39.3. The minimum absolute atomic E-state index is 0.0415. The van der Waals surface area contributed by atoms with Crippen LogP contribution in [0.25, 0.3) is 133 Å². The Labute approximate surface area is 502 Å². The zero-order chi connectivity index (χ0) is 56.1. The highest BCUT2D eigenvalue weighted by atomic mass is 33.4. The van der Waals surface area contributed by atoms with Crippen molar-refractivity contribution in [2.45, 2.75) is 0 Å². The van der Waals surface area contributed by atoms with E-state index in [0.29, 0.717) is 17.5 Å². The van der Waals surface area contributed by atoms with E-state index in [0.717, 1.165) is 105 Å². The Morgan fingerprint density at radius 2 is 0.642 bits per heavy atom. The van der Waals surface area contributed by atoms with Gasteiger partial charge in [-0.3, -0.25) is 0 Å². The number of para-hydroxylation sites is 1. The fourth-order valence-electron chi connectivity index (χ4n) is 9.98. The van der Waals surface area contributed by atoms with Gasteiger partial charge in [-0.1, -0.05) is 146 Å². The smallest absolute Gasteiger partial charge is 0.164 e. The topological polar surface area (TPSA) is 78.1 Å². The summed E-state index contributed by atoms with van der Waals surface area (Å²) in [6, 6.07) is 68.8. The van der Waals surface area contributed by atoms with Crippen molar-refractivity contribution in [1.82, 2.24) is 15.0 Å². The van der Waals surface area contributed by atoms with Gasteiger partial charge in [-0.25, -0.2) is 15.0 Å². The molecule has 4 aromatic heterocycles. The summed E-state index contributed by atoms with van der Waals surface area (Å²) in [6.45, 7) is 0.703. The van der Waals surface area contributed by atoms with Gasteiger partial charge in [0.15, 0.2) is 17.5 Å². The Morgan fingerprint density at radius 3 is 1.23 bits per heavy atom. The molecule has 0 spiro atoms. The molecule has 13 aromatic rings. The van der Waals surface area contributed by atoms with E-state index in [2.05, 4.69) is 211 Å². The number of hydrogen-bond donors (Lipinski definition) is 0. The van der Waals surface area contributed by atoms with Gasteiger partial charge in [-0.15, -0.1) is 89.3 Å². The third-order valence-electron chi connectivity index (χ3n) is 13.5. The molecule has 0 N–H and O–H groups in total. The van der Waals surface area contributed by atoms with E-state index in [4.69, 9.17) is 28.2 Å². The third-order valence-corrected chi connectivity index (χ3v) is 122. The summed E-state index contributed by atoms with van der Waals surface area (Å²) in [5.74, 6) is 1.68. The summed E-state index contributed by atoms with van der Waals surface area (Å²) in [6.07, 6.45) is 0. The minimum atomic E-state index is 0.0415. The first-order valence-corrected chi connectivity index (χ1v) is 56.8. The van der Waals surface area contributed by atoms with Gasteiger partial charge in [-0.2, -0.15) is 0 Å². The van der Waals surface area contributed by atoms with Gasteiger partial charge in [0.25, 0.3) is 0 Å². The molecule has 404 valence electrons. The molecule has 24 heteroatoms. The summed E-state index contributed by atoms with van der Waals surface area (Å²) in [5.41, 5.74) is 14.2. The first kappa shape index (κ1) is 60.4. The summed E-state index contributed by atoms with van der Waals surface area (Å²) in [5, 5.41) is 6.15. The van der Waals surface area contributed by atoms with Crippen LogP contribution in [-0.4, -0.2) is 15.0 Å². The maximum absolute atomic E-state index is 6.55. The van der Waals surface area contributed by atoms with Crippen molar-refractivity contribution in [3.8, 4) is 67.5 Å². The summed E-state index contributed by atoms with van der Waals surface area (Å²) in [4.78, 5) is 15.4. The Bertz CT molecular complexity index is 4370. The van der Waals surface area contributed by atoms with Crippen LogP contribution in [0.3, 0.4) is 0 Å². The Hall–Kier alpha value is -0.870. The molecule has 0 aliphatic heterocycles. The van der Waals surface area contributed by atoms with Gasteiger partial charge in [0.1, 0.15) is 33.5 Å². The average molecular weight is 1390 g/mol. The Kier molecular flexibility index (Phi) is 20.0. The zero-order valence-corrected chi connectivity index (χ0v) is 61.7. The fraction of sp³-hybridized carbons (Fsp3) is 0. The quantitative estimate of drug-likeness (QED) is 0.107. The molecule has 0 aliphatic rings. The zero-order valence-electron chi connectivity index (χ0n) is 43.0. The molecule has 0 saturated heterocycles. The van der Waals surface area contributed by atoms with Crippen LogP contribution >= 0.6 is 145 Å². The molecule has 6 nitrogen and oxygen atoms in total. The summed E-state index contributed by atoms with van der Waals surface area (Å²) < 4.78 is 19.3. The number of fused-ring (bicyclic) bond motifs is 9. The second-order valence-electron chi connectivity index (χ2n) is 18.6. The van der Waals surface area contributed by atoms with Crippen LogP contribution in [0.2, 0.25) is 0 Å². The molecule has 0 aliphatic carbocycles. The van der Waals surface area contributed by atoms with Crippen molar-refractivity contribution in [2.24, 2.45) is 0 Å². The largest absolute Gasteiger partial charge is 0.456 e. The van der Waals surface area contributed by atoms with E-state index in [1.807, 2.05) is 78.9 Å². The SMILES string of the molecule is PP(P)P(P(P)P)P(P(P)P)P(P(P)P)P(P)P.c1ccc(-c2ccc(-c3ccc4oc5cccc(-c6ccc7oc8cccc(-c9nc(-c%10ccccc%10)nc(-c%10ccc%11c(c%10)oc%10ccccc%10%11)n9)c8c7c6)c5c4c3)cc2)cc1. The predicted molar refractivity (Wildman–Crippen MR) is 407 cm³/mol. The standard InChI is InChI=1S/C57H33N3O3.H20P18/c1-3-11-34(12-4-1)35-21-23-36(24-22-35)38-26-29-48-45(31-38)53-41(16-9-19-50(53)61-48)39-27-30-49-46(32-39)54-44(17-10-20-51(54)62-49)57-59-55(37-13-5-2-6-14-37)58-56(60-57)40-25-28-43-42-15-7-8-18-47(42)63-52(43)33-40;1-11(2)16(12(3)4)18(15(9)10)17(13(5)6)14(7)8/h1-33H;1-10H2. The van der Waals surface area contributed by atoms with Crippen LogP contribution in [0, 0.1) is 0 Å². The number of nitrogens with zero attached hydrogens (tertiary/aromatic N) is 3. The van der Waals surface area contributed by atoms with E-state index in [1.54, 1.807) is 0 Å². The predicted octanol–water partition coefficient (Wildman–Crippen LogP) is 25.7. The lowest BCUT2D eigenvalue weighted by atomic mass is 9.95. The van der Waals surface area contributed by atoms with Crippen LogP contribution in [0.4, 0.5) is 0 Å². The Balaban J connectivity index is 0.000000314. The number of furan rings is 3. The molecular weight excluding hydrogens is 1330 g/mol. The molecule has 9 aromatic carbocycles. The first-order valence-electron chi connectivity index (χ1n) is 25.0. The van der Waals surface area contributed by atoms with Crippen LogP contribution in [0.1, 0.15) is 0 Å². The van der Waals surface area contributed by atoms with Gasteiger partial charge < -0.3 is 13.3 Å². The minimum Gasteiger partial charge on any atom is -0.456 e. The average Bonchev–Trinajstić information content (AvgIpc) is 4.08. The second-order valence-corrected chi connectivity index (χ2v) is 88.9. The molecular formula is C57H53N3O3P18.